The summed E-state index contributed by atoms with van der Waals surface area (Å²) in [5, 5.41) is 3.56. The highest BCUT2D eigenvalue weighted by molar-refractivity contribution is 5.40. The molecule has 0 saturated carbocycles. The van der Waals surface area contributed by atoms with Crippen molar-refractivity contribution in [2.75, 3.05) is 6.54 Å². The maximum atomic E-state index is 13.8. The number of benzene rings is 2. The van der Waals surface area contributed by atoms with Gasteiger partial charge < -0.3 is 5.32 Å². The van der Waals surface area contributed by atoms with E-state index in [0.717, 1.165) is 24.1 Å². The first-order valence-corrected chi connectivity index (χ1v) is 7.59. The Bertz CT molecular complexity index is 599. The van der Waals surface area contributed by atoms with Gasteiger partial charge in [0, 0.05) is 0 Å². The first-order chi connectivity index (χ1) is 10.0. The Balaban J connectivity index is 2.49. The number of hydrogen-bond acceptors (Lipinski definition) is 1. The number of aryl methyl sites for hydroxylation is 3. The van der Waals surface area contributed by atoms with Crippen LogP contribution in [0.3, 0.4) is 0 Å². The van der Waals surface area contributed by atoms with Gasteiger partial charge in [0.25, 0.3) is 0 Å². The lowest BCUT2D eigenvalue weighted by molar-refractivity contribution is 0.582. The zero-order valence-electron chi connectivity index (χ0n) is 13.3. The van der Waals surface area contributed by atoms with Gasteiger partial charge in [-0.2, -0.15) is 0 Å². The van der Waals surface area contributed by atoms with Gasteiger partial charge in [0.15, 0.2) is 0 Å². The molecule has 0 amide bonds. The lowest BCUT2D eigenvalue weighted by atomic mass is 9.92. The molecule has 0 bridgehead atoms. The predicted molar refractivity (Wildman–Crippen MR) is 87.2 cm³/mol. The molecule has 1 nitrogen and oxygen atoms in total. The van der Waals surface area contributed by atoms with E-state index < -0.39 is 0 Å². The highest BCUT2D eigenvalue weighted by Gasteiger charge is 2.16. The fourth-order valence-corrected chi connectivity index (χ4v) is 2.70. The van der Waals surface area contributed by atoms with E-state index in [1.807, 2.05) is 6.92 Å². The number of nitrogens with one attached hydrogen (secondary N) is 1. The van der Waals surface area contributed by atoms with E-state index in [9.17, 15) is 4.39 Å². The normalized spacial score (nSPS) is 12.4. The van der Waals surface area contributed by atoms with Crippen LogP contribution >= 0.6 is 0 Å². The standard InChI is InChI=1S/C19H24FN/c1-5-8-21-19(16-9-14(3)10-17(20)12-16)18-11-13(2)6-7-15(18)4/h6-7,9-12,19,21H,5,8H2,1-4H3. The summed E-state index contributed by atoms with van der Waals surface area (Å²) >= 11 is 0. The molecular weight excluding hydrogens is 261 g/mol. The Kier molecular flexibility index (Phi) is 5.13. The molecule has 1 unspecified atom stereocenters. The zero-order chi connectivity index (χ0) is 15.4. The van der Waals surface area contributed by atoms with Crippen LogP contribution in [0.5, 0.6) is 0 Å². The van der Waals surface area contributed by atoms with Gasteiger partial charge in [0.05, 0.1) is 6.04 Å². The second-order valence-corrected chi connectivity index (χ2v) is 5.81. The van der Waals surface area contributed by atoms with Gasteiger partial charge in [0.1, 0.15) is 5.82 Å². The first kappa shape index (κ1) is 15.7. The highest BCUT2D eigenvalue weighted by atomic mass is 19.1. The molecule has 2 rings (SSSR count). The van der Waals surface area contributed by atoms with E-state index in [4.69, 9.17) is 0 Å². The van der Waals surface area contributed by atoms with Crippen LogP contribution < -0.4 is 5.32 Å². The van der Waals surface area contributed by atoms with Gasteiger partial charge >= 0.3 is 0 Å². The van der Waals surface area contributed by atoms with E-state index >= 15 is 0 Å². The molecule has 2 aromatic carbocycles. The molecule has 0 spiro atoms. The van der Waals surface area contributed by atoms with Gasteiger partial charge in [0.2, 0.25) is 0 Å². The van der Waals surface area contributed by atoms with Crippen LogP contribution in [0.4, 0.5) is 4.39 Å². The van der Waals surface area contributed by atoms with Gasteiger partial charge in [-0.3, -0.25) is 0 Å². The van der Waals surface area contributed by atoms with Crippen LogP contribution in [0.25, 0.3) is 0 Å². The van der Waals surface area contributed by atoms with Crippen LogP contribution in [0.15, 0.2) is 36.4 Å². The van der Waals surface area contributed by atoms with E-state index in [-0.39, 0.29) is 11.9 Å². The van der Waals surface area contributed by atoms with Crippen LogP contribution in [0.1, 0.15) is 47.2 Å². The largest absolute Gasteiger partial charge is 0.306 e. The third-order valence-corrected chi connectivity index (χ3v) is 3.74. The SMILES string of the molecule is CCCNC(c1cc(C)cc(F)c1)c1cc(C)ccc1C. The summed E-state index contributed by atoms with van der Waals surface area (Å²) in [7, 11) is 0. The van der Waals surface area contributed by atoms with Crippen LogP contribution in [0, 0.1) is 26.6 Å². The lowest BCUT2D eigenvalue weighted by Gasteiger charge is -2.22. The number of halogens is 1. The van der Waals surface area contributed by atoms with E-state index in [2.05, 4.69) is 50.4 Å². The molecule has 21 heavy (non-hydrogen) atoms. The van der Waals surface area contributed by atoms with E-state index in [0.29, 0.717) is 0 Å². The zero-order valence-corrected chi connectivity index (χ0v) is 13.3. The predicted octanol–water partition coefficient (Wildman–Crippen LogP) is 4.84. The van der Waals surface area contributed by atoms with Crippen molar-refractivity contribution >= 4 is 0 Å². The number of hydrogen-bond donors (Lipinski definition) is 1. The minimum absolute atomic E-state index is 0.0410. The van der Waals surface area contributed by atoms with Crippen molar-refractivity contribution in [3.05, 3.63) is 70.0 Å². The molecule has 0 aliphatic carbocycles. The van der Waals surface area contributed by atoms with Crippen LogP contribution in [0.2, 0.25) is 0 Å². The van der Waals surface area contributed by atoms with Gasteiger partial charge in [-0.15, -0.1) is 0 Å². The second-order valence-electron chi connectivity index (χ2n) is 5.81. The molecule has 0 aliphatic rings. The lowest BCUT2D eigenvalue weighted by Crippen LogP contribution is -2.24. The summed E-state index contributed by atoms with van der Waals surface area (Å²) in [6.07, 6.45) is 1.05. The van der Waals surface area contributed by atoms with Crippen molar-refractivity contribution in [2.45, 2.75) is 40.2 Å². The average Bonchev–Trinajstić information content (AvgIpc) is 2.42. The van der Waals surface area contributed by atoms with Crippen molar-refractivity contribution in [2.24, 2.45) is 0 Å². The Morgan fingerprint density at radius 1 is 1.00 bits per heavy atom. The third-order valence-electron chi connectivity index (χ3n) is 3.74. The monoisotopic (exact) mass is 285 g/mol. The van der Waals surface area contributed by atoms with Crippen molar-refractivity contribution in [3.8, 4) is 0 Å². The topological polar surface area (TPSA) is 12.0 Å². The van der Waals surface area contributed by atoms with Crippen molar-refractivity contribution in [1.29, 1.82) is 0 Å². The fraction of sp³-hybridized carbons (Fsp3) is 0.368. The minimum atomic E-state index is -0.168. The van der Waals surface area contributed by atoms with Gasteiger partial charge in [-0.05, 0) is 68.1 Å². The average molecular weight is 285 g/mol. The Hall–Kier alpha value is -1.67. The molecular formula is C19H24FN. The molecule has 112 valence electrons. The summed E-state index contributed by atoms with van der Waals surface area (Å²) in [6, 6.07) is 11.8. The molecule has 2 aromatic rings. The molecule has 0 heterocycles. The fourth-order valence-electron chi connectivity index (χ4n) is 2.70. The van der Waals surface area contributed by atoms with Crippen LogP contribution in [-0.2, 0) is 0 Å². The molecule has 1 N–H and O–H groups in total. The molecule has 0 aromatic heterocycles. The summed E-state index contributed by atoms with van der Waals surface area (Å²) < 4.78 is 13.8. The molecule has 0 fully saturated rings. The maximum Gasteiger partial charge on any atom is 0.123 e. The molecule has 0 saturated heterocycles. The van der Waals surface area contributed by atoms with Crippen LogP contribution in [-0.4, -0.2) is 6.54 Å². The minimum Gasteiger partial charge on any atom is -0.306 e. The Labute approximate surface area is 127 Å². The summed E-state index contributed by atoms with van der Waals surface area (Å²) in [4.78, 5) is 0. The Morgan fingerprint density at radius 2 is 1.76 bits per heavy atom. The summed E-state index contributed by atoms with van der Waals surface area (Å²) in [6.45, 7) is 9.20. The third kappa shape index (κ3) is 3.92. The van der Waals surface area contributed by atoms with Gasteiger partial charge in [-0.25, -0.2) is 4.39 Å². The quantitative estimate of drug-likeness (QED) is 0.829. The van der Waals surface area contributed by atoms with E-state index in [1.54, 1.807) is 12.1 Å². The van der Waals surface area contributed by atoms with E-state index in [1.165, 1.54) is 16.7 Å². The maximum absolute atomic E-state index is 13.8. The molecule has 0 aliphatic heterocycles. The van der Waals surface area contributed by atoms with Gasteiger partial charge in [-0.1, -0.05) is 36.8 Å². The summed E-state index contributed by atoms with van der Waals surface area (Å²) in [5.74, 6) is -0.168. The summed E-state index contributed by atoms with van der Waals surface area (Å²) in [5.41, 5.74) is 5.64. The first-order valence-electron chi connectivity index (χ1n) is 7.59. The Morgan fingerprint density at radius 3 is 2.43 bits per heavy atom. The van der Waals surface area contributed by atoms with Crippen molar-refractivity contribution < 1.29 is 4.39 Å². The molecule has 2 heteroatoms. The number of rotatable bonds is 5. The van der Waals surface area contributed by atoms with Crippen molar-refractivity contribution in [3.63, 3.8) is 0 Å². The molecule has 0 radical (unpaired) electrons. The van der Waals surface area contributed by atoms with Crippen molar-refractivity contribution in [1.82, 2.24) is 5.32 Å². The second kappa shape index (κ2) is 6.86. The highest BCUT2D eigenvalue weighted by Crippen LogP contribution is 2.27. The smallest absolute Gasteiger partial charge is 0.123 e. The molecule has 1 atom stereocenters.